The first kappa shape index (κ1) is 96.7. The molecule has 0 saturated carbocycles. The number of phenols is 2. The maximum absolute atomic E-state index is 16.9. The number of rotatable bonds is 11. The second kappa shape index (κ2) is 39.4. The molecular weight excluding hydrogens is 1780 g/mol. The molecule has 10 heterocycles. The maximum Gasteiger partial charge on any atom is 0.394 e. The molecule has 28 N–H and O–H groups in total. The first-order chi connectivity index (χ1) is 62.4. The van der Waals surface area contributed by atoms with Gasteiger partial charge in [-0.2, -0.15) is 8.42 Å². The fourth-order valence-corrected chi connectivity index (χ4v) is 16.5. The van der Waals surface area contributed by atoms with Gasteiger partial charge in [0.05, 0.1) is 56.4 Å². The van der Waals surface area contributed by atoms with Crippen LogP contribution in [0.3, 0.4) is 0 Å². The summed E-state index contributed by atoms with van der Waals surface area (Å²) in [6.45, 7) is 2.51. The van der Waals surface area contributed by atoms with Gasteiger partial charge < -0.3 is 182 Å². The molecule has 48 heteroatoms. The van der Waals surface area contributed by atoms with Crippen molar-refractivity contribution in [2.45, 2.75) is 211 Å². The summed E-state index contributed by atoms with van der Waals surface area (Å²) >= 11 is 0. The van der Waals surface area contributed by atoms with Gasteiger partial charge in [-0.25, -0.2) is 4.79 Å². The molecule has 5 aromatic rings. The van der Waals surface area contributed by atoms with Crippen molar-refractivity contribution in [3.8, 4) is 57.1 Å². The Balaban J connectivity index is 0.00000273. The van der Waals surface area contributed by atoms with Crippen molar-refractivity contribution < 1.29 is 190 Å². The van der Waals surface area contributed by atoms with Crippen molar-refractivity contribution >= 4 is 51.8 Å². The molecule has 4 fully saturated rings. The van der Waals surface area contributed by atoms with Crippen LogP contribution >= 0.6 is 0 Å². The highest BCUT2D eigenvalue weighted by Crippen LogP contribution is 2.50. The van der Waals surface area contributed by atoms with E-state index in [2.05, 4.69) is 31.9 Å². The molecule has 31 atom stereocenters. The molecule has 0 radical (unpaired) electrons. The van der Waals surface area contributed by atoms with Crippen LogP contribution < -0.4 is 62.3 Å². The highest BCUT2D eigenvalue weighted by molar-refractivity contribution is 7.79. The first-order valence-corrected chi connectivity index (χ1v) is 42.6. The molecule has 47 nitrogen and oxygen atoms in total. The van der Waals surface area contributed by atoms with Crippen molar-refractivity contribution in [2.24, 2.45) is 23.3 Å². The van der Waals surface area contributed by atoms with Crippen molar-refractivity contribution in [1.82, 2.24) is 31.9 Å². The average Bonchev–Trinajstić information content (AvgIpc) is 0.753. The first-order valence-electron chi connectivity index (χ1n) is 41.2. The Morgan fingerprint density at radius 3 is 1.73 bits per heavy atom. The number of aliphatic hydroxyl groups is 14. The average molecular weight is 1880 g/mol. The van der Waals surface area contributed by atoms with Gasteiger partial charge in [-0.15, -0.1) is 0 Å². The number of esters is 1. The lowest BCUT2D eigenvalue weighted by atomic mass is 9.87. The third-order valence-corrected chi connectivity index (χ3v) is 24.0. The maximum atomic E-state index is 16.9. The molecule has 17 bridgehead atoms. The van der Waals surface area contributed by atoms with Gasteiger partial charge in [-0.05, 0) is 114 Å². The van der Waals surface area contributed by atoms with Crippen molar-refractivity contribution in [1.29, 1.82) is 0 Å². The predicted octanol–water partition coefficient (Wildman–Crippen LogP) is -4.25. The van der Waals surface area contributed by atoms with Crippen molar-refractivity contribution in [3.05, 3.63) is 166 Å². The fourth-order valence-electron chi connectivity index (χ4n) is 16.5. The number of nitrogens with two attached hydrogens (primary N) is 2. The van der Waals surface area contributed by atoms with Crippen molar-refractivity contribution in [3.63, 3.8) is 0 Å². The van der Waals surface area contributed by atoms with E-state index >= 15 is 24.0 Å². The molecule has 0 aromatic heterocycles. The van der Waals surface area contributed by atoms with E-state index in [9.17, 15) is 91.3 Å². The summed E-state index contributed by atoms with van der Waals surface area (Å²) in [5.41, 5.74) is 10.1. The van der Waals surface area contributed by atoms with Crippen LogP contribution in [-0.2, 0) is 81.9 Å². The van der Waals surface area contributed by atoms with Crippen molar-refractivity contribution in [2.75, 3.05) is 20.3 Å². The number of aromatic hydroxyl groups is 2. The molecule has 5 aromatic carbocycles. The lowest BCUT2D eigenvalue weighted by molar-refractivity contribution is -0.318. The zero-order valence-electron chi connectivity index (χ0n) is 69.9. The normalized spacial score (nSPS) is 35.4. The number of aliphatic hydroxyl groups excluding tert-OH is 14. The largest absolute Gasteiger partial charge is 0.512 e. The van der Waals surface area contributed by atoms with Gasteiger partial charge in [-0.3, -0.25) is 37.9 Å². The summed E-state index contributed by atoms with van der Waals surface area (Å²) in [5, 5.41) is 198. The number of phenolic OH excluding ortho intramolecular Hbond substituents is 2. The van der Waals surface area contributed by atoms with Crippen LogP contribution in [0.15, 0.2) is 138 Å². The lowest BCUT2D eigenvalue weighted by Crippen LogP contribution is -2.61. The van der Waals surface area contributed by atoms with Crippen LogP contribution in [0.2, 0.25) is 0 Å². The molecule has 10 aliphatic heterocycles. The molecular formula is C84H98N8O39S. The topological polar surface area (TPSA) is 753 Å². The quantitative estimate of drug-likeness (QED) is 0.0440. The van der Waals surface area contributed by atoms with Gasteiger partial charge in [0.25, 0.3) is 0 Å². The molecule has 714 valence electrons. The summed E-state index contributed by atoms with van der Waals surface area (Å²) in [6.07, 6.45) is -33.6. The standard InChI is InChI=1S/C84H96N8O35.H2O4S/c1-28-45(97)18-35-20-46(28)122-47-19-33(9-16-44(47)96)55(86)75(109)91-60-64(100)31-5-11-38(12-6-31)120-49-21-36-22-50(74(49)127-84-72(108)69(105)66(102)52(125-84)27-117-82-70(106)67(103)63(99)30(3)119-82)121-39-13-7-32(8-14-39)73(126-53-25-42(85)62(98)29(2)118-53)61-80(114)90-59(81(115)116-4)41-23-37(94)24-48(123-83-71(107)68(104)65(101)51(26-93)124-83)54(41)40-17-34(10-15-43(40)95)56(76(110)92-61)87-78(112)58(36)88-77(111)57(35)89-79(60)113;1-5(2,3)4/h5-18,20-24,28-30,33,42,46,51-53,55-73,82-84,93-108H,19,25-27,85-86H2,1-4H3,(H,87,112)(H,88,111)(H,89,113)(H,90,114)(H,91,109)(H,92,110);(H2,1,2,3,4). The molecule has 6 amide bonds. The van der Waals surface area contributed by atoms with E-state index in [0.717, 1.165) is 55.7 Å². The van der Waals surface area contributed by atoms with Crippen LogP contribution in [0.5, 0.6) is 46.0 Å². The second-order valence-corrected chi connectivity index (χ2v) is 33.8. The van der Waals surface area contributed by atoms with E-state index in [1.54, 1.807) is 0 Å². The Morgan fingerprint density at radius 1 is 0.561 bits per heavy atom. The minimum Gasteiger partial charge on any atom is -0.512 e. The Bertz CT molecular complexity index is 5420. The van der Waals surface area contributed by atoms with Crippen LogP contribution in [-0.4, -0.2) is 308 Å². The third-order valence-electron chi connectivity index (χ3n) is 24.0. The van der Waals surface area contributed by atoms with Crippen LogP contribution in [0.1, 0.15) is 91.8 Å². The molecule has 0 spiro atoms. The zero-order valence-corrected chi connectivity index (χ0v) is 70.7. The molecule has 132 heavy (non-hydrogen) atoms. The van der Waals surface area contributed by atoms with E-state index in [-0.39, 0.29) is 46.8 Å². The molecule has 17 rings (SSSR count). The smallest absolute Gasteiger partial charge is 0.394 e. The highest BCUT2D eigenvalue weighted by atomic mass is 32.3. The number of ether oxygens (including phenoxy) is 12. The summed E-state index contributed by atoms with van der Waals surface area (Å²) < 4.78 is 106. The number of hydrogen-bond acceptors (Lipinski definition) is 39. The van der Waals surface area contributed by atoms with E-state index in [4.69, 9.17) is 85.8 Å². The van der Waals surface area contributed by atoms with E-state index in [1.165, 1.54) is 87.5 Å². The van der Waals surface area contributed by atoms with Gasteiger partial charge in [0.15, 0.2) is 35.9 Å². The summed E-state index contributed by atoms with van der Waals surface area (Å²) in [7, 11) is -3.76. The van der Waals surface area contributed by atoms with Crippen LogP contribution in [0.25, 0.3) is 11.1 Å². The molecule has 4 saturated heterocycles. The van der Waals surface area contributed by atoms with E-state index in [0.29, 0.717) is 0 Å². The van der Waals surface area contributed by atoms with Gasteiger partial charge in [0, 0.05) is 47.6 Å². The number of allylic oxidation sites excluding steroid dienone is 2. The fraction of sp³-hybridized carbons (Fsp3) is 0.464. The third kappa shape index (κ3) is 20.4. The Hall–Kier alpha value is -11.4. The number of fused-ring (bicyclic) bond motifs is 13. The number of benzene rings is 5. The Kier molecular flexibility index (Phi) is 28.9. The summed E-state index contributed by atoms with van der Waals surface area (Å²) in [4.78, 5) is 111. The number of carbonyl (C=O) groups excluding carboxylic acids is 7. The van der Waals surface area contributed by atoms with E-state index < -0.39 is 328 Å². The number of carbonyl (C=O) groups is 7. The monoisotopic (exact) mass is 1870 g/mol. The molecule has 2 aliphatic carbocycles. The number of methoxy groups -OCH3 is 1. The SMILES string of the molecule is COC(=O)C1NC(=O)C2NC(=O)C(NC(=O)C3NC(=O)C4NC(=O)C(NC(=O)C(N)C5C=CC(O)=C(C5)OC5C=C4C=C(O)C5C)C(O)c4ccc(cc4)Oc4cc3cc(c4OC3OC(COC4OC(C)C(O)C(O)C4O)C(O)C(O)C3O)Oc3ccc(cc3)C2OC2CC(N)C(O)C(C)O2)c2ccc(O)c(c2)-c2c(OC3OC(CO)C(O)C(O)C3O)cc(O)cc21.O=S(=O)(O)O. The highest BCUT2D eigenvalue weighted by Gasteiger charge is 2.52. The van der Waals surface area contributed by atoms with Gasteiger partial charge in [0.1, 0.15) is 150 Å². The van der Waals surface area contributed by atoms with Crippen LogP contribution in [0, 0.1) is 11.8 Å². The molecule has 31 unspecified atom stereocenters. The summed E-state index contributed by atoms with van der Waals surface area (Å²) in [6, 6.07) is 0.739. The van der Waals surface area contributed by atoms with E-state index in [1.807, 2.05) is 0 Å². The van der Waals surface area contributed by atoms with Gasteiger partial charge in [-0.1, -0.05) is 43.3 Å². The summed E-state index contributed by atoms with van der Waals surface area (Å²) in [5.74, 6) is -17.2. The lowest BCUT2D eigenvalue weighted by Gasteiger charge is -2.42. The molecule has 12 aliphatic rings. The Morgan fingerprint density at radius 2 is 1.11 bits per heavy atom. The number of hydrogen-bond donors (Lipinski definition) is 26. The zero-order chi connectivity index (χ0) is 95.4. The van der Waals surface area contributed by atoms with Crippen LogP contribution in [0.4, 0.5) is 0 Å². The Labute approximate surface area is 747 Å². The minimum atomic E-state index is -4.67. The van der Waals surface area contributed by atoms with Gasteiger partial charge >= 0.3 is 16.4 Å². The number of nitrogens with one attached hydrogen (secondary N) is 6. The second-order valence-electron chi connectivity index (χ2n) is 32.9. The minimum absolute atomic E-state index is 0.0800. The predicted molar refractivity (Wildman–Crippen MR) is 439 cm³/mol. The van der Waals surface area contributed by atoms with Gasteiger partial charge in [0.2, 0.25) is 53.8 Å². The number of amides is 6.